The van der Waals surface area contributed by atoms with Crippen molar-refractivity contribution in [3.05, 3.63) is 52.3 Å². The second kappa shape index (κ2) is 5.31. The lowest BCUT2D eigenvalue weighted by atomic mass is 10.0. The molecule has 0 amide bonds. The minimum Gasteiger partial charge on any atom is -0.496 e. The predicted molar refractivity (Wildman–Crippen MR) is 67.5 cm³/mol. The number of ether oxygens (including phenoxy) is 1. The van der Waals surface area contributed by atoms with Crippen LogP contribution < -0.4 is 4.74 Å². The van der Waals surface area contributed by atoms with Crippen LogP contribution in [0.15, 0.2) is 24.5 Å². The van der Waals surface area contributed by atoms with Crippen LogP contribution in [0.2, 0.25) is 5.28 Å². The molecule has 0 unspecified atom stereocenters. The Hall–Kier alpha value is -1.68. The van der Waals surface area contributed by atoms with Crippen molar-refractivity contribution in [1.29, 1.82) is 0 Å². The van der Waals surface area contributed by atoms with Crippen LogP contribution in [-0.2, 0) is 6.42 Å². The molecule has 18 heavy (non-hydrogen) atoms. The van der Waals surface area contributed by atoms with Gasteiger partial charge >= 0.3 is 0 Å². The van der Waals surface area contributed by atoms with Gasteiger partial charge in [-0.1, -0.05) is 6.07 Å². The normalized spacial score (nSPS) is 10.4. The van der Waals surface area contributed by atoms with Crippen LogP contribution in [0.1, 0.15) is 16.7 Å². The monoisotopic (exact) mass is 266 g/mol. The molecule has 0 fully saturated rings. The molecule has 0 saturated heterocycles. The second-order valence-corrected chi connectivity index (χ2v) is 4.24. The third-order valence-corrected chi connectivity index (χ3v) is 2.90. The Bertz CT molecular complexity index is 558. The highest BCUT2D eigenvalue weighted by atomic mass is 35.5. The fourth-order valence-corrected chi connectivity index (χ4v) is 1.83. The van der Waals surface area contributed by atoms with Gasteiger partial charge in [-0.25, -0.2) is 14.4 Å². The maximum absolute atomic E-state index is 14.1. The first-order valence-corrected chi connectivity index (χ1v) is 5.78. The van der Waals surface area contributed by atoms with Gasteiger partial charge < -0.3 is 4.74 Å². The summed E-state index contributed by atoms with van der Waals surface area (Å²) < 4.78 is 19.1. The topological polar surface area (TPSA) is 35.0 Å². The van der Waals surface area contributed by atoms with Gasteiger partial charge in [0.2, 0.25) is 5.28 Å². The molecule has 0 saturated carbocycles. The van der Waals surface area contributed by atoms with Crippen molar-refractivity contribution in [1.82, 2.24) is 9.97 Å². The number of nitrogens with zero attached hydrogens (tertiary/aromatic N) is 2. The Kier molecular flexibility index (Phi) is 3.77. The van der Waals surface area contributed by atoms with E-state index < -0.39 is 0 Å². The zero-order valence-electron chi connectivity index (χ0n) is 10.1. The van der Waals surface area contributed by atoms with Gasteiger partial charge in [0.1, 0.15) is 11.6 Å². The smallest absolute Gasteiger partial charge is 0.222 e. The van der Waals surface area contributed by atoms with Crippen molar-refractivity contribution in [2.75, 3.05) is 7.11 Å². The molecule has 3 nitrogen and oxygen atoms in total. The zero-order valence-corrected chi connectivity index (χ0v) is 10.8. The summed E-state index contributed by atoms with van der Waals surface area (Å²) >= 11 is 5.60. The summed E-state index contributed by atoms with van der Waals surface area (Å²) in [5.41, 5.74) is 1.90. The van der Waals surface area contributed by atoms with E-state index in [1.165, 1.54) is 7.11 Å². The highest BCUT2D eigenvalue weighted by Crippen LogP contribution is 2.24. The number of benzene rings is 1. The van der Waals surface area contributed by atoms with E-state index in [2.05, 4.69) is 9.97 Å². The number of halogens is 2. The van der Waals surface area contributed by atoms with Crippen LogP contribution in [-0.4, -0.2) is 17.1 Å². The molecular formula is C13H12ClFN2O. The van der Waals surface area contributed by atoms with Crippen LogP contribution >= 0.6 is 11.6 Å². The number of hydrogen-bond acceptors (Lipinski definition) is 3. The Morgan fingerprint density at radius 2 is 1.94 bits per heavy atom. The lowest BCUT2D eigenvalue weighted by Gasteiger charge is -2.09. The van der Waals surface area contributed by atoms with Gasteiger partial charge in [-0.15, -0.1) is 0 Å². The summed E-state index contributed by atoms with van der Waals surface area (Å²) in [5, 5.41) is 0.185. The summed E-state index contributed by atoms with van der Waals surface area (Å²) in [5.74, 6) is 0.285. The van der Waals surface area contributed by atoms with E-state index in [-0.39, 0.29) is 11.1 Å². The van der Waals surface area contributed by atoms with Crippen LogP contribution in [0.25, 0.3) is 0 Å². The summed E-state index contributed by atoms with van der Waals surface area (Å²) in [6.07, 6.45) is 3.61. The van der Waals surface area contributed by atoms with Crippen molar-refractivity contribution in [2.24, 2.45) is 0 Å². The van der Waals surface area contributed by atoms with Crippen molar-refractivity contribution < 1.29 is 9.13 Å². The first-order chi connectivity index (χ1) is 8.61. The molecular weight excluding hydrogens is 255 g/mol. The molecule has 0 spiro atoms. The Morgan fingerprint density at radius 3 is 2.56 bits per heavy atom. The molecule has 2 rings (SSSR count). The van der Waals surface area contributed by atoms with Gasteiger partial charge in [-0.05, 0) is 35.7 Å². The number of hydrogen-bond donors (Lipinski definition) is 0. The van der Waals surface area contributed by atoms with Crippen LogP contribution in [0.5, 0.6) is 5.75 Å². The van der Waals surface area contributed by atoms with Gasteiger partial charge in [0.25, 0.3) is 0 Å². The average molecular weight is 267 g/mol. The van der Waals surface area contributed by atoms with Gasteiger partial charge in [0.15, 0.2) is 0 Å². The molecule has 94 valence electrons. The molecule has 0 N–H and O–H groups in total. The molecule has 0 aliphatic heterocycles. The average Bonchev–Trinajstić information content (AvgIpc) is 2.38. The van der Waals surface area contributed by atoms with Crippen molar-refractivity contribution >= 4 is 11.6 Å². The van der Waals surface area contributed by atoms with E-state index in [0.717, 1.165) is 5.56 Å². The van der Waals surface area contributed by atoms with E-state index in [9.17, 15) is 4.39 Å². The maximum Gasteiger partial charge on any atom is 0.222 e. The minimum atomic E-state index is -0.260. The summed E-state index contributed by atoms with van der Waals surface area (Å²) in [6.45, 7) is 1.69. The predicted octanol–water partition coefficient (Wildman–Crippen LogP) is 3.18. The molecule has 0 atom stereocenters. The number of methoxy groups -OCH3 is 1. The SMILES string of the molecule is COc1ccc(Cc2cnc(Cl)nc2)c(F)c1C. The Labute approximate surface area is 110 Å². The molecule has 0 bridgehead atoms. The molecule has 0 aliphatic rings. The van der Waals surface area contributed by atoms with Gasteiger partial charge in [-0.2, -0.15) is 0 Å². The lowest BCUT2D eigenvalue weighted by molar-refractivity contribution is 0.406. The van der Waals surface area contributed by atoms with Crippen molar-refractivity contribution in [2.45, 2.75) is 13.3 Å². The Morgan fingerprint density at radius 1 is 1.28 bits per heavy atom. The zero-order chi connectivity index (χ0) is 13.1. The van der Waals surface area contributed by atoms with E-state index in [0.29, 0.717) is 23.3 Å². The molecule has 5 heteroatoms. The first kappa shape index (κ1) is 12.8. The van der Waals surface area contributed by atoms with Crippen LogP contribution in [0, 0.1) is 12.7 Å². The Balaban J connectivity index is 2.29. The van der Waals surface area contributed by atoms with Crippen molar-refractivity contribution in [3.8, 4) is 5.75 Å². The largest absolute Gasteiger partial charge is 0.496 e. The molecule has 0 aliphatic carbocycles. The standard InChI is InChI=1S/C13H12ClFN2O/c1-8-11(18-2)4-3-10(12(8)15)5-9-6-16-13(14)17-7-9/h3-4,6-7H,5H2,1-2H3. The quantitative estimate of drug-likeness (QED) is 0.801. The summed E-state index contributed by atoms with van der Waals surface area (Å²) in [4.78, 5) is 7.74. The highest BCUT2D eigenvalue weighted by molar-refractivity contribution is 6.28. The van der Waals surface area contributed by atoms with Crippen LogP contribution in [0.3, 0.4) is 0 Å². The number of rotatable bonds is 3. The van der Waals surface area contributed by atoms with E-state index in [1.807, 2.05) is 0 Å². The molecule has 2 aromatic rings. The maximum atomic E-state index is 14.1. The van der Waals surface area contributed by atoms with Gasteiger partial charge in [0.05, 0.1) is 7.11 Å². The molecule has 1 aromatic heterocycles. The second-order valence-electron chi connectivity index (χ2n) is 3.90. The minimum absolute atomic E-state index is 0.185. The van der Waals surface area contributed by atoms with Crippen LogP contribution in [0.4, 0.5) is 4.39 Å². The fourth-order valence-electron chi connectivity index (χ4n) is 1.73. The third-order valence-electron chi connectivity index (χ3n) is 2.70. The number of aromatic nitrogens is 2. The van der Waals surface area contributed by atoms with Gasteiger partial charge in [0, 0.05) is 24.4 Å². The third kappa shape index (κ3) is 2.59. The molecule has 1 heterocycles. The summed E-state index contributed by atoms with van der Waals surface area (Å²) in [6, 6.07) is 3.46. The van der Waals surface area contributed by atoms with E-state index in [4.69, 9.17) is 16.3 Å². The van der Waals surface area contributed by atoms with E-state index >= 15 is 0 Å². The first-order valence-electron chi connectivity index (χ1n) is 5.40. The summed E-state index contributed by atoms with van der Waals surface area (Å²) in [7, 11) is 1.52. The van der Waals surface area contributed by atoms with Gasteiger partial charge in [-0.3, -0.25) is 0 Å². The molecule has 1 aromatic carbocycles. The van der Waals surface area contributed by atoms with E-state index in [1.54, 1.807) is 31.5 Å². The molecule has 0 radical (unpaired) electrons. The van der Waals surface area contributed by atoms with Crippen molar-refractivity contribution in [3.63, 3.8) is 0 Å². The highest BCUT2D eigenvalue weighted by Gasteiger charge is 2.11. The fraction of sp³-hybridized carbons (Fsp3) is 0.231. The lowest BCUT2D eigenvalue weighted by Crippen LogP contribution is -1.99.